The smallest absolute Gasteiger partial charge is 0.244 e. The average molecular weight is 259 g/mol. The zero-order valence-corrected chi connectivity index (χ0v) is 10.9. The fraction of sp³-hybridized carbons (Fsp3) is 0.538. The number of hydrogen-bond donors (Lipinski definition) is 1. The molecule has 0 aromatic carbocycles. The largest absolute Gasteiger partial charge is 0.337 e. The van der Waals surface area contributed by atoms with Gasteiger partial charge in [-0.3, -0.25) is 4.98 Å². The van der Waals surface area contributed by atoms with Gasteiger partial charge in [-0.15, -0.1) is 0 Å². The zero-order chi connectivity index (χ0) is 13.1. The summed E-state index contributed by atoms with van der Waals surface area (Å²) in [6.45, 7) is 3.23. The lowest BCUT2D eigenvalue weighted by Gasteiger charge is -2.27. The van der Waals surface area contributed by atoms with Crippen molar-refractivity contribution in [3.8, 4) is 11.5 Å². The Morgan fingerprint density at radius 1 is 1.42 bits per heavy atom. The Hall–Kier alpha value is -1.82. The molecule has 0 spiro atoms. The van der Waals surface area contributed by atoms with Crippen LogP contribution in [0, 0.1) is 5.92 Å². The van der Waals surface area contributed by atoms with Gasteiger partial charge >= 0.3 is 0 Å². The van der Waals surface area contributed by atoms with Crippen LogP contribution in [-0.4, -0.2) is 26.7 Å². The molecular formula is C13H17N5O. The Morgan fingerprint density at radius 3 is 3.16 bits per heavy atom. The molecule has 3 rings (SSSR count). The molecule has 1 aliphatic heterocycles. The Bertz CT molecular complexity index is 527. The number of nitrogens with one attached hydrogen (secondary N) is 1. The fourth-order valence-corrected chi connectivity index (χ4v) is 2.45. The predicted molar refractivity (Wildman–Crippen MR) is 69.1 cm³/mol. The van der Waals surface area contributed by atoms with Crippen molar-refractivity contribution in [2.45, 2.75) is 32.2 Å². The van der Waals surface area contributed by atoms with Crippen LogP contribution in [0.15, 0.2) is 23.1 Å². The van der Waals surface area contributed by atoms with Gasteiger partial charge in [-0.25, -0.2) is 4.98 Å². The van der Waals surface area contributed by atoms with Gasteiger partial charge in [0.1, 0.15) is 5.69 Å². The SMILES string of the molecule is CCC1CCNC(c2nc(-c3cnccn3)no2)C1. The Morgan fingerprint density at radius 2 is 2.37 bits per heavy atom. The summed E-state index contributed by atoms with van der Waals surface area (Å²) in [6.07, 6.45) is 8.36. The first-order valence-electron chi connectivity index (χ1n) is 6.70. The molecule has 19 heavy (non-hydrogen) atoms. The second-order valence-electron chi connectivity index (χ2n) is 4.85. The number of aromatic nitrogens is 4. The van der Waals surface area contributed by atoms with Gasteiger partial charge in [-0.05, 0) is 25.3 Å². The van der Waals surface area contributed by atoms with Crippen molar-refractivity contribution >= 4 is 0 Å². The van der Waals surface area contributed by atoms with E-state index < -0.39 is 0 Å². The molecule has 0 aliphatic carbocycles. The minimum Gasteiger partial charge on any atom is -0.337 e. The van der Waals surface area contributed by atoms with Gasteiger partial charge in [0.25, 0.3) is 0 Å². The molecule has 1 fully saturated rings. The van der Waals surface area contributed by atoms with Gasteiger partial charge in [-0.1, -0.05) is 18.5 Å². The van der Waals surface area contributed by atoms with Crippen LogP contribution in [0.5, 0.6) is 0 Å². The molecule has 100 valence electrons. The molecular weight excluding hydrogens is 242 g/mol. The summed E-state index contributed by atoms with van der Waals surface area (Å²) in [7, 11) is 0. The van der Waals surface area contributed by atoms with Crippen molar-refractivity contribution in [2.75, 3.05) is 6.54 Å². The van der Waals surface area contributed by atoms with Crippen LogP contribution >= 0.6 is 0 Å². The minimum atomic E-state index is 0.164. The second kappa shape index (κ2) is 5.44. The second-order valence-corrected chi connectivity index (χ2v) is 4.85. The van der Waals surface area contributed by atoms with Crippen molar-refractivity contribution < 1.29 is 4.52 Å². The van der Waals surface area contributed by atoms with E-state index in [1.807, 2.05) is 0 Å². The molecule has 0 amide bonds. The van der Waals surface area contributed by atoms with Crippen molar-refractivity contribution in [2.24, 2.45) is 5.92 Å². The van der Waals surface area contributed by atoms with Gasteiger partial charge < -0.3 is 9.84 Å². The van der Waals surface area contributed by atoms with Gasteiger partial charge in [0, 0.05) is 12.4 Å². The maximum absolute atomic E-state index is 5.36. The van der Waals surface area contributed by atoms with Gasteiger partial charge in [0.15, 0.2) is 0 Å². The molecule has 0 bridgehead atoms. The van der Waals surface area contributed by atoms with Gasteiger partial charge in [0.2, 0.25) is 11.7 Å². The van der Waals surface area contributed by atoms with Crippen LogP contribution in [-0.2, 0) is 0 Å². The maximum Gasteiger partial charge on any atom is 0.244 e. The first-order valence-corrected chi connectivity index (χ1v) is 6.70. The lowest BCUT2D eigenvalue weighted by molar-refractivity contribution is 0.246. The lowest BCUT2D eigenvalue weighted by Crippen LogP contribution is -2.31. The molecule has 1 aliphatic rings. The molecule has 2 aromatic rings. The molecule has 1 N–H and O–H groups in total. The molecule has 6 heteroatoms. The summed E-state index contributed by atoms with van der Waals surface area (Å²) < 4.78 is 5.36. The van der Waals surface area contributed by atoms with E-state index in [0.717, 1.165) is 18.9 Å². The number of rotatable bonds is 3. The summed E-state index contributed by atoms with van der Waals surface area (Å²) in [4.78, 5) is 12.6. The monoisotopic (exact) mass is 259 g/mol. The van der Waals surface area contributed by atoms with E-state index in [-0.39, 0.29) is 6.04 Å². The third-order valence-corrected chi connectivity index (χ3v) is 3.62. The number of hydrogen-bond acceptors (Lipinski definition) is 6. The van der Waals surface area contributed by atoms with Crippen LogP contribution in [0.25, 0.3) is 11.5 Å². The molecule has 6 nitrogen and oxygen atoms in total. The van der Waals surface area contributed by atoms with Crippen LogP contribution in [0.3, 0.4) is 0 Å². The van der Waals surface area contributed by atoms with Crippen LogP contribution in [0.2, 0.25) is 0 Å². The number of nitrogens with zero attached hydrogens (tertiary/aromatic N) is 4. The molecule has 2 atom stereocenters. The highest BCUT2D eigenvalue weighted by molar-refractivity contribution is 5.45. The molecule has 3 heterocycles. The van der Waals surface area contributed by atoms with Crippen molar-refractivity contribution in [1.82, 2.24) is 25.4 Å². The van der Waals surface area contributed by atoms with Crippen LogP contribution < -0.4 is 5.32 Å². The maximum atomic E-state index is 5.36. The lowest BCUT2D eigenvalue weighted by atomic mass is 9.90. The quantitative estimate of drug-likeness (QED) is 0.908. The molecule has 0 saturated carbocycles. The topological polar surface area (TPSA) is 76.7 Å². The third-order valence-electron chi connectivity index (χ3n) is 3.62. The number of piperidine rings is 1. The third kappa shape index (κ3) is 2.63. The standard InChI is InChI=1S/C13H17N5O/c1-2-9-3-4-15-10(7-9)13-17-12(18-19-13)11-8-14-5-6-16-11/h5-6,8-10,15H,2-4,7H2,1H3. The van der Waals surface area contributed by atoms with E-state index >= 15 is 0 Å². The summed E-state index contributed by atoms with van der Waals surface area (Å²) in [5.41, 5.74) is 0.639. The Kier molecular flexibility index (Phi) is 3.50. The summed E-state index contributed by atoms with van der Waals surface area (Å²) in [5, 5.41) is 7.42. The van der Waals surface area contributed by atoms with E-state index in [4.69, 9.17) is 4.52 Å². The van der Waals surface area contributed by atoms with Crippen LogP contribution in [0.1, 0.15) is 38.1 Å². The molecule has 1 saturated heterocycles. The summed E-state index contributed by atoms with van der Waals surface area (Å²) >= 11 is 0. The van der Waals surface area contributed by atoms with E-state index in [1.54, 1.807) is 18.6 Å². The van der Waals surface area contributed by atoms with Crippen molar-refractivity contribution in [1.29, 1.82) is 0 Å². The van der Waals surface area contributed by atoms with Crippen molar-refractivity contribution in [3.63, 3.8) is 0 Å². The van der Waals surface area contributed by atoms with Gasteiger partial charge in [0.05, 0.1) is 12.2 Å². The highest BCUT2D eigenvalue weighted by Gasteiger charge is 2.26. The Balaban J connectivity index is 1.78. The first-order chi connectivity index (χ1) is 9.36. The first kappa shape index (κ1) is 12.2. The van der Waals surface area contributed by atoms with E-state index in [9.17, 15) is 0 Å². The van der Waals surface area contributed by atoms with E-state index in [2.05, 4.69) is 32.3 Å². The predicted octanol–water partition coefficient (Wildman–Crippen LogP) is 1.98. The zero-order valence-electron chi connectivity index (χ0n) is 10.9. The van der Waals surface area contributed by atoms with E-state index in [1.165, 1.54) is 12.8 Å². The summed E-state index contributed by atoms with van der Waals surface area (Å²) in [6, 6.07) is 0.164. The molecule has 2 aromatic heterocycles. The van der Waals surface area contributed by atoms with Gasteiger partial charge in [-0.2, -0.15) is 4.98 Å². The van der Waals surface area contributed by atoms with Crippen LogP contribution in [0.4, 0.5) is 0 Å². The average Bonchev–Trinajstić information content (AvgIpc) is 2.98. The highest BCUT2D eigenvalue weighted by Crippen LogP contribution is 2.28. The minimum absolute atomic E-state index is 0.164. The Labute approximate surface area is 111 Å². The normalized spacial score (nSPS) is 23.4. The molecule has 0 radical (unpaired) electrons. The highest BCUT2D eigenvalue weighted by atomic mass is 16.5. The summed E-state index contributed by atoms with van der Waals surface area (Å²) in [5.74, 6) is 1.89. The fourth-order valence-electron chi connectivity index (χ4n) is 2.45. The molecule has 2 unspecified atom stereocenters. The van der Waals surface area contributed by atoms with Crippen molar-refractivity contribution in [3.05, 3.63) is 24.5 Å². The van der Waals surface area contributed by atoms with E-state index in [0.29, 0.717) is 17.4 Å².